The Morgan fingerprint density at radius 1 is 1.53 bits per heavy atom. The van der Waals surface area contributed by atoms with Crippen molar-refractivity contribution in [2.45, 2.75) is 6.10 Å². The van der Waals surface area contributed by atoms with Crippen LogP contribution in [0.5, 0.6) is 5.75 Å². The van der Waals surface area contributed by atoms with E-state index >= 15 is 0 Å². The highest BCUT2D eigenvalue weighted by Crippen LogP contribution is 2.42. The average Bonchev–Trinajstić information content (AvgIpc) is 2.33. The van der Waals surface area contributed by atoms with Gasteiger partial charge in [0.15, 0.2) is 0 Å². The Morgan fingerprint density at radius 3 is 2.71 bits per heavy atom. The van der Waals surface area contributed by atoms with Crippen LogP contribution in [0.2, 0.25) is 5.02 Å². The van der Waals surface area contributed by atoms with E-state index in [1.807, 2.05) is 0 Å². The average molecular weight is 389 g/mol. The maximum atomic E-state index is 9.29. The number of benzene rings is 1. The minimum atomic E-state index is -0.839. The van der Waals surface area contributed by atoms with E-state index in [1.54, 1.807) is 6.07 Å². The third-order valence-electron chi connectivity index (χ3n) is 2.07. The fourth-order valence-corrected chi connectivity index (χ4v) is 2.55. The van der Waals surface area contributed by atoms with E-state index in [0.29, 0.717) is 25.4 Å². The van der Waals surface area contributed by atoms with Crippen LogP contribution in [0.4, 0.5) is 5.69 Å². The molecule has 96 valence electrons. The van der Waals surface area contributed by atoms with Crippen LogP contribution in [0.15, 0.2) is 15.0 Å². The van der Waals surface area contributed by atoms with E-state index in [1.165, 1.54) is 7.11 Å². The molecule has 0 aromatic heterocycles. The van der Waals surface area contributed by atoms with Crippen molar-refractivity contribution in [3.63, 3.8) is 0 Å². The van der Waals surface area contributed by atoms with E-state index in [4.69, 9.17) is 21.4 Å². The third kappa shape index (κ3) is 3.72. The molecule has 0 saturated carbocycles. The summed E-state index contributed by atoms with van der Waals surface area (Å²) >= 11 is 12.7. The number of nitrogens with one attached hydrogen (secondary N) is 1. The molecular formula is C10H12Br2ClNO3. The maximum absolute atomic E-state index is 9.29. The Labute approximate surface area is 121 Å². The van der Waals surface area contributed by atoms with E-state index in [2.05, 4.69) is 37.2 Å². The van der Waals surface area contributed by atoms with Gasteiger partial charge in [-0.3, -0.25) is 0 Å². The van der Waals surface area contributed by atoms with E-state index in [-0.39, 0.29) is 13.2 Å². The van der Waals surface area contributed by atoms with E-state index < -0.39 is 6.10 Å². The third-order valence-corrected chi connectivity index (χ3v) is 4.34. The summed E-state index contributed by atoms with van der Waals surface area (Å²) in [5, 5.41) is 21.5. The van der Waals surface area contributed by atoms with Gasteiger partial charge in [-0.2, -0.15) is 0 Å². The van der Waals surface area contributed by atoms with Crippen molar-refractivity contribution < 1.29 is 14.9 Å². The zero-order chi connectivity index (χ0) is 13.0. The van der Waals surface area contributed by atoms with Crippen molar-refractivity contribution in [1.82, 2.24) is 0 Å². The van der Waals surface area contributed by atoms with Crippen LogP contribution in [0.3, 0.4) is 0 Å². The van der Waals surface area contributed by atoms with Crippen molar-refractivity contribution in [3.8, 4) is 5.75 Å². The van der Waals surface area contributed by atoms with Crippen LogP contribution in [-0.2, 0) is 0 Å². The first kappa shape index (κ1) is 15.0. The number of ether oxygens (including phenoxy) is 1. The molecule has 0 fully saturated rings. The zero-order valence-electron chi connectivity index (χ0n) is 9.01. The minimum absolute atomic E-state index is 0.198. The molecule has 0 saturated heterocycles. The predicted octanol–water partition coefficient (Wildman–Crippen LogP) is 2.64. The molecule has 1 atom stereocenters. The number of aliphatic hydroxyl groups excluding tert-OH is 2. The number of aliphatic hydroxyl groups is 2. The molecule has 4 nitrogen and oxygen atoms in total. The van der Waals surface area contributed by atoms with Crippen molar-refractivity contribution in [1.29, 1.82) is 0 Å². The molecule has 7 heteroatoms. The summed E-state index contributed by atoms with van der Waals surface area (Å²) < 4.78 is 6.54. The summed E-state index contributed by atoms with van der Waals surface area (Å²) in [5.41, 5.74) is 0.633. The van der Waals surface area contributed by atoms with Gasteiger partial charge in [-0.05, 0) is 37.9 Å². The summed E-state index contributed by atoms with van der Waals surface area (Å²) in [6.45, 7) is -0.111. The SMILES string of the molecule is COc1cc(Br)c(Cl)c(Br)c1NCC(O)CO. The highest BCUT2D eigenvalue weighted by Gasteiger charge is 2.15. The number of halogens is 3. The van der Waals surface area contributed by atoms with Gasteiger partial charge in [-0.1, -0.05) is 11.6 Å². The van der Waals surface area contributed by atoms with E-state index in [0.717, 1.165) is 0 Å². The van der Waals surface area contributed by atoms with Gasteiger partial charge in [0.1, 0.15) is 5.75 Å². The Bertz CT molecular complexity index is 404. The molecule has 0 radical (unpaired) electrons. The van der Waals surface area contributed by atoms with E-state index in [9.17, 15) is 5.11 Å². The van der Waals surface area contributed by atoms with Crippen LogP contribution < -0.4 is 10.1 Å². The Kier molecular flexibility index (Phi) is 6.02. The summed E-state index contributed by atoms with van der Waals surface area (Å²) in [6.07, 6.45) is -0.839. The van der Waals surface area contributed by atoms with Gasteiger partial charge in [-0.25, -0.2) is 0 Å². The molecule has 1 unspecified atom stereocenters. The second-order valence-corrected chi connectivity index (χ2v) is 5.31. The molecule has 1 aromatic rings. The molecule has 0 bridgehead atoms. The summed E-state index contributed by atoms with van der Waals surface area (Å²) in [5.74, 6) is 0.582. The number of methoxy groups -OCH3 is 1. The number of hydrogen-bond acceptors (Lipinski definition) is 4. The molecule has 0 heterocycles. The van der Waals surface area contributed by atoms with Gasteiger partial charge in [0, 0.05) is 11.0 Å². The molecule has 0 amide bonds. The molecule has 0 spiro atoms. The smallest absolute Gasteiger partial charge is 0.144 e. The largest absolute Gasteiger partial charge is 0.495 e. The first-order valence-corrected chi connectivity index (χ1v) is 6.72. The highest BCUT2D eigenvalue weighted by molar-refractivity contribution is 9.11. The lowest BCUT2D eigenvalue weighted by molar-refractivity contribution is 0.105. The van der Waals surface area contributed by atoms with Crippen LogP contribution in [-0.4, -0.2) is 36.6 Å². The molecule has 3 N–H and O–H groups in total. The zero-order valence-corrected chi connectivity index (χ0v) is 12.9. The summed E-state index contributed by atoms with van der Waals surface area (Å²) in [4.78, 5) is 0. The normalized spacial score (nSPS) is 12.4. The van der Waals surface area contributed by atoms with Crippen molar-refractivity contribution in [3.05, 3.63) is 20.0 Å². The first-order valence-electron chi connectivity index (χ1n) is 4.75. The lowest BCUT2D eigenvalue weighted by atomic mass is 10.2. The minimum Gasteiger partial charge on any atom is -0.495 e. The van der Waals surface area contributed by atoms with Crippen LogP contribution in [0.1, 0.15) is 0 Å². The Hall–Kier alpha value is -0.0100. The number of hydrogen-bond donors (Lipinski definition) is 3. The van der Waals surface area contributed by atoms with Crippen molar-refractivity contribution in [2.75, 3.05) is 25.6 Å². The lowest BCUT2D eigenvalue weighted by Gasteiger charge is -2.16. The Morgan fingerprint density at radius 2 is 2.18 bits per heavy atom. The van der Waals surface area contributed by atoms with Gasteiger partial charge in [0.25, 0.3) is 0 Å². The number of anilines is 1. The van der Waals surface area contributed by atoms with Gasteiger partial charge >= 0.3 is 0 Å². The van der Waals surface area contributed by atoms with Gasteiger partial charge in [-0.15, -0.1) is 0 Å². The monoisotopic (exact) mass is 387 g/mol. The first-order chi connectivity index (χ1) is 8.01. The fourth-order valence-electron chi connectivity index (χ4n) is 1.18. The van der Waals surface area contributed by atoms with Crippen molar-refractivity contribution in [2.24, 2.45) is 0 Å². The maximum Gasteiger partial charge on any atom is 0.144 e. The van der Waals surface area contributed by atoms with Crippen molar-refractivity contribution >= 4 is 49.1 Å². The molecule has 0 aliphatic rings. The van der Waals surface area contributed by atoms with Gasteiger partial charge in [0.05, 0.1) is 35.0 Å². The number of rotatable bonds is 5. The predicted molar refractivity (Wildman–Crippen MR) is 75.0 cm³/mol. The van der Waals surface area contributed by atoms with Crippen LogP contribution in [0, 0.1) is 0 Å². The van der Waals surface area contributed by atoms with Crippen LogP contribution in [0.25, 0.3) is 0 Å². The quantitative estimate of drug-likeness (QED) is 0.678. The standard InChI is InChI=1S/C10H12Br2ClNO3/c1-17-7-2-6(11)9(13)8(12)10(7)14-3-5(16)4-15/h2,5,14-16H,3-4H2,1H3. The molecule has 0 aliphatic carbocycles. The lowest BCUT2D eigenvalue weighted by Crippen LogP contribution is -2.23. The molecular weight excluding hydrogens is 377 g/mol. The molecule has 1 rings (SSSR count). The van der Waals surface area contributed by atoms with Gasteiger partial charge in [0.2, 0.25) is 0 Å². The Balaban J connectivity index is 3.00. The highest BCUT2D eigenvalue weighted by atomic mass is 79.9. The molecule has 1 aromatic carbocycles. The molecule has 0 aliphatic heterocycles. The topological polar surface area (TPSA) is 61.7 Å². The second kappa shape index (κ2) is 6.80. The van der Waals surface area contributed by atoms with Crippen LogP contribution >= 0.6 is 43.5 Å². The summed E-state index contributed by atoms with van der Waals surface area (Å²) in [6, 6.07) is 1.72. The summed E-state index contributed by atoms with van der Waals surface area (Å²) in [7, 11) is 1.54. The fraction of sp³-hybridized carbons (Fsp3) is 0.400. The second-order valence-electron chi connectivity index (χ2n) is 3.28. The molecule has 17 heavy (non-hydrogen) atoms. The van der Waals surface area contributed by atoms with Gasteiger partial charge < -0.3 is 20.3 Å².